The highest BCUT2D eigenvalue weighted by Gasteiger charge is 2.32. The average Bonchev–Trinajstić information content (AvgIpc) is 2.68. The molecule has 1 aliphatic rings. The summed E-state index contributed by atoms with van der Waals surface area (Å²) in [5.74, 6) is -0.203. The van der Waals surface area contributed by atoms with Crippen LogP contribution in [0.5, 0.6) is 0 Å². The second-order valence-electron chi connectivity index (χ2n) is 6.97. The molecule has 2 aromatic carbocycles. The van der Waals surface area contributed by atoms with Gasteiger partial charge in [0.25, 0.3) is 5.91 Å². The molecule has 0 radical (unpaired) electrons. The standard InChI is InChI=1S/C21H26N2O3S/c1-3-18-9-6-7-15-23(18)27(25,26)19-13-11-17(12-14-19)22-21(24)20-10-5-4-8-16(20)2/h4-5,8,10-14,18H,3,6-7,9,15H2,1-2H3,(H,22,24). The van der Waals surface area contributed by atoms with E-state index in [9.17, 15) is 13.2 Å². The molecule has 3 rings (SSSR count). The minimum absolute atomic E-state index is 0.0733. The normalized spacial score (nSPS) is 18.2. The first kappa shape index (κ1) is 19.6. The summed E-state index contributed by atoms with van der Waals surface area (Å²) in [6.45, 7) is 4.49. The molecule has 144 valence electrons. The Morgan fingerprint density at radius 1 is 1.11 bits per heavy atom. The molecule has 1 saturated heterocycles. The summed E-state index contributed by atoms with van der Waals surface area (Å²) in [7, 11) is -3.51. The summed E-state index contributed by atoms with van der Waals surface area (Å²) in [6, 6.07) is 13.9. The molecule has 0 bridgehead atoms. The van der Waals surface area contributed by atoms with E-state index in [0.717, 1.165) is 31.2 Å². The molecule has 1 unspecified atom stereocenters. The Morgan fingerprint density at radius 3 is 2.48 bits per heavy atom. The van der Waals surface area contributed by atoms with Crippen LogP contribution in [0.4, 0.5) is 5.69 Å². The van der Waals surface area contributed by atoms with E-state index in [2.05, 4.69) is 5.32 Å². The van der Waals surface area contributed by atoms with Gasteiger partial charge >= 0.3 is 0 Å². The quantitative estimate of drug-likeness (QED) is 0.837. The van der Waals surface area contributed by atoms with Crippen LogP contribution in [0.25, 0.3) is 0 Å². The zero-order valence-corrected chi connectivity index (χ0v) is 16.6. The van der Waals surface area contributed by atoms with Gasteiger partial charge in [0.05, 0.1) is 4.90 Å². The molecule has 6 heteroatoms. The molecule has 0 aliphatic carbocycles. The fourth-order valence-corrected chi connectivity index (χ4v) is 5.34. The van der Waals surface area contributed by atoms with Crippen LogP contribution in [-0.2, 0) is 10.0 Å². The summed E-state index contributed by atoms with van der Waals surface area (Å²) >= 11 is 0. The van der Waals surface area contributed by atoms with E-state index in [1.807, 2.05) is 32.0 Å². The van der Waals surface area contributed by atoms with E-state index in [0.29, 0.717) is 17.8 Å². The largest absolute Gasteiger partial charge is 0.322 e. The van der Waals surface area contributed by atoms with Crippen LogP contribution >= 0.6 is 0 Å². The molecular formula is C21H26N2O3S. The van der Waals surface area contributed by atoms with Gasteiger partial charge in [-0.25, -0.2) is 8.42 Å². The minimum Gasteiger partial charge on any atom is -0.322 e. The van der Waals surface area contributed by atoms with Crippen LogP contribution in [0.2, 0.25) is 0 Å². The Balaban J connectivity index is 1.77. The monoisotopic (exact) mass is 386 g/mol. The highest BCUT2D eigenvalue weighted by atomic mass is 32.2. The molecule has 1 fully saturated rings. The number of anilines is 1. The maximum absolute atomic E-state index is 13.0. The van der Waals surface area contributed by atoms with Gasteiger partial charge in [-0.1, -0.05) is 31.5 Å². The smallest absolute Gasteiger partial charge is 0.255 e. The third-order valence-electron chi connectivity index (χ3n) is 5.15. The molecule has 1 aliphatic heterocycles. The molecule has 0 saturated carbocycles. The maximum Gasteiger partial charge on any atom is 0.255 e. The summed E-state index contributed by atoms with van der Waals surface area (Å²) < 4.78 is 27.6. The Morgan fingerprint density at radius 2 is 1.81 bits per heavy atom. The zero-order valence-electron chi connectivity index (χ0n) is 15.8. The van der Waals surface area contributed by atoms with Gasteiger partial charge in [0.1, 0.15) is 0 Å². The maximum atomic E-state index is 13.0. The first-order chi connectivity index (χ1) is 12.9. The molecule has 5 nitrogen and oxygen atoms in total. The number of hydrogen-bond acceptors (Lipinski definition) is 3. The molecule has 1 N–H and O–H groups in total. The molecule has 2 aromatic rings. The van der Waals surface area contributed by atoms with E-state index in [1.165, 1.54) is 0 Å². The predicted molar refractivity (Wildman–Crippen MR) is 107 cm³/mol. The highest BCUT2D eigenvalue weighted by molar-refractivity contribution is 7.89. The molecule has 1 heterocycles. The topological polar surface area (TPSA) is 66.5 Å². The lowest BCUT2D eigenvalue weighted by Crippen LogP contribution is -2.43. The van der Waals surface area contributed by atoms with E-state index in [4.69, 9.17) is 0 Å². The van der Waals surface area contributed by atoms with Gasteiger partial charge in [0.15, 0.2) is 0 Å². The number of hydrogen-bond donors (Lipinski definition) is 1. The fraction of sp³-hybridized carbons (Fsp3) is 0.381. The predicted octanol–water partition coefficient (Wildman–Crippen LogP) is 4.20. The number of nitrogens with zero attached hydrogens (tertiary/aromatic N) is 1. The summed E-state index contributed by atoms with van der Waals surface area (Å²) in [5, 5.41) is 2.83. The van der Waals surface area contributed by atoms with Crippen molar-refractivity contribution in [1.82, 2.24) is 4.31 Å². The van der Waals surface area contributed by atoms with Gasteiger partial charge in [-0.15, -0.1) is 0 Å². The lowest BCUT2D eigenvalue weighted by atomic mass is 10.0. The van der Waals surface area contributed by atoms with Crippen molar-refractivity contribution in [2.24, 2.45) is 0 Å². The Hall–Kier alpha value is -2.18. The van der Waals surface area contributed by atoms with Crippen LogP contribution in [0.1, 0.15) is 48.5 Å². The van der Waals surface area contributed by atoms with Crippen LogP contribution in [-0.4, -0.2) is 31.2 Å². The van der Waals surface area contributed by atoms with Crippen molar-refractivity contribution in [3.05, 3.63) is 59.7 Å². The lowest BCUT2D eigenvalue weighted by molar-refractivity contribution is 0.102. The van der Waals surface area contributed by atoms with Crippen molar-refractivity contribution in [1.29, 1.82) is 0 Å². The fourth-order valence-electron chi connectivity index (χ4n) is 3.57. The summed E-state index contributed by atoms with van der Waals surface area (Å²) in [4.78, 5) is 12.7. The second-order valence-corrected chi connectivity index (χ2v) is 8.86. The average molecular weight is 387 g/mol. The number of amides is 1. The van der Waals surface area contributed by atoms with Crippen molar-refractivity contribution < 1.29 is 13.2 Å². The number of piperidine rings is 1. The first-order valence-corrected chi connectivity index (χ1v) is 10.9. The Kier molecular flexibility index (Phi) is 5.97. The van der Waals surface area contributed by atoms with Crippen LogP contribution < -0.4 is 5.32 Å². The molecular weight excluding hydrogens is 360 g/mol. The minimum atomic E-state index is -3.51. The van der Waals surface area contributed by atoms with Crippen molar-refractivity contribution in [2.75, 3.05) is 11.9 Å². The van der Waals surface area contributed by atoms with Gasteiger partial charge in [0.2, 0.25) is 10.0 Å². The zero-order chi connectivity index (χ0) is 19.4. The third kappa shape index (κ3) is 4.22. The van der Waals surface area contributed by atoms with Gasteiger partial charge in [-0.3, -0.25) is 4.79 Å². The Labute approximate surface area is 161 Å². The number of carbonyl (C=O) groups is 1. The van der Waals surface area contributed by atoms with E-state index in [-0.39, 0.29) is 16.8 Å². The number of benzene rings is 2. The number of sulfonamides is 1. The summed E-state index contributed by atoms with van der Waals surface area (Å²) in [6.07, 6.45) is 3.72. The van der Waals surface area contributed by atoms with Crippen molar-refractivity contribution in [3.8, 4) is 0 Å². The number of aryl methyl sites for hydroxylation is 1. The van der Waals surface area contributed by atoms with Crippen molar-refractivity contribution in [2.45, 2.75) is 50.5 Å². The molecule has 27 heavy (non-hydrogen) atoms. The van der Waals surface area contributed by atoms with Crippen LogP contribution in [0.3, 0.4) is 0 Å². The number of carbonyl (C=O) groups excluding carboxylic acids is 1. The van der Waals surface area contributed by atoms with Crippen molar-refractivity contribution in [3.63, 3.8) is 0 Å². The number of nitrogens with one attached hydrogen (secondary N) is 1. The van der Waals surface area contributed by atoms with E-state index >= 15 is 0 Å². The van der Waals surface area contributed by atoms with Gasteiger partial charge < -0.3 is 5.32 Å². The molecule has 1 atom stereocenters. The van der Waals surface area contributed by atoms with Gasteiger partial charge in [-0.05, 0) is 62.1 Å². The molecule has 1 amide bonds. The Bertz CT molecular complexity index is 907. The van der Waals surface area contributed by atoms with Crippen molar-refractivity contribution >= 4 is 21.6 Å². The SMILES string of the molecule is CCC1CCCCN1S(=O)(=O)c1ccc(NC(=O)c2ccccc2C)cc1. The van der Waals surface area contributed by atoms with Crippen LogP contribution in [0, 0.1) is 6.92 Å². The molecule has 0 spiro atoms. The first-order valence-electron chi connectivity index (χ1n) is 9.42. The second kappa shape index (κ2) is 8.23. The van der Waals surface area contributed by atoms with E-state index in [1.54, 1.807) is 34.6 Å². The number of rotatable bonds is 5. The van der Waals surface area contributed by atoms with Crippen LogP contribution in [0.15, 0.2) is 53.4 Å². The highest BCUT2D eigenvalue weighted by Crippen LogP contribution is 2.27. The summed E-state index contributed by atoms with van der Waals surface area (Å²) in [5.41, 5.74) is 2.08. The van der Waals surface area contributed by atoms with E-state index < -0.39 is 10.0 Å². The lowest BCUT2D eigenvalue weighted by Gasteiger charge is -2.34. The third-order valence-corrected chi connectivity index (χ3v) is 7.12. The molecule has 0 aromatic heterocycles. The van der Waals surface area contributed by atoms with Gasteiger partial charge in [-0.2, -0.15) is 4.31 Å². The van der Waals surface area contributed by atoms with Gasteiger partial charge in [0, 0.05) is 23.8 Å².